The third-order valence-corrected chi connectivity index (χ3v) is 5.93. The Bertz CT molecular complexity index is 758. The number of hydrogen-bond donors (Lipinski definition) is 0. The molecule has 0 spiro atoms. The molecule has 3 nitrogen and oxygen atoms in total. The normalized spacial score (nSPS) is 20.4. The number of carbonyl (C=O) groups excluding carboxylic acids is 1. The van der Waals surface area contributed by atoms with Gasteiger partial charge in [-0.25, -0.2) is 0 Å². The highest BCUT2D eigenvalue weighted by molar-refractivity contribution is 5.73. The lowest BCUT2D eigenvalue weighted by Crippen LogP contribution is -2.37. The lowest BCUT2D eigenvalue weighted by atomic mass is 9.79. The van der Waals surface area contributed by atoms with E-state index in [0.717, 1.165) is 25.1 Å². The van der Waals surface area contributed by atoms with Crippen molar-refractivity contribution in [3.8, 4) is 5.75 Å². The first-order valence-corrected chi connectivity index (χ1v) is 10.5. The van der Waals surface area contributed by atoms with Crippen molar-refractivity contribution in [1.82, 2.24) is 4.90 Å². The predicted molar refractivity (Wildman–Crippen MR) is 114 cm³/mol. The van der Waals surface area contributed by atoms with Gasteiger partial charge in [-0.2, -0.15) is 0 Å². The van der Waals surface area contributed by atoms with Crippen molar-refractivity contribution >= 4 is 5.91 Å². The highest BCUT2D eigenvalue weighted by atomic mass is 16.5. The summed E-state index contributed by atoms with van der Waals surface area (Å²) in [7, 11) is 0. The van der Waals surface area contributed by atoms with Gasteiger partial charge in [0.05, 0.1) is 6.10 Å². The van der Waals surface area contributed by atoms with Crippen LogP contribution >= 0.6 is 0 Å². The smallest absolute Gasteiger partial charge is 0.219 e. The van der Waals surface area contributed by atoms with E-state index in [2.05, 4.69) is 50.2 Å². The quantitative estimate of drug-likeness (QED) is 0.625. The van der Waals surface area contributed by atoms with Crippen molar-refractivity contribution < 1.29 is 9.53 Å². The first-order valence-electron chi connectivity index (χ1n) is 10.5. The van der Waals surface area contributed by atoms with Gasteiger partial charge in [0.15, 0.2) is 0 Å². The minimum atomic E-state index is 0.152. The number of ether oxygens (including phenoxy) is 1. The first-order chi connectivity index (χ1) is 13.5. The van der Waals surface area contributed by atoms with Crippen molar-refractivity contribution in [2.45, 2.75) is 59.1 Å². The van der Waals surface area contributed by atoms with E-state index in [-0.39, 0.29) is 12.0 Å². The summed E-state index contributed by atoms with van der Waals surface area (Å²) >= 11 is 0. The van der Waals surface area contributed by atoms with E-state index in [0.29, 0.717) is 18.4 Å². The zero-order valence-electron chi connectivity index (χ0n) is 17.4. The zero-order chi connectivity index (χ0) is 19.9. The van der Waals surface area contributed by atoms with E-state index in [1.807, 2.05) is 23.1 Å². The molecule has 150 valence electrons. The Morgan fingerprint density at radius 1 is 1.14 bits per heavy atom. The van der Waals surface area contributed by atoms with Crippen molar-refractivity contribution in [2.75, 3.05) is 6.54 Å². The van der Waals surface area contributed by atoms with E-state index >= 15 is 0 Å². The number of benzene rings is 2. The van der Waals surface area contributed by atoms with Gasteiger partial charge in [-0.05, 0) is 67.7 Å². The molecule has 0 heterocycles. The molecule has 0 saturated heterocycles. The van der Waals surface area contributed by atoms with Crippen LogP contribution in [0.1, 0.15) is 50.7 Å². The summed E-state index contributed by atoms with van der Waals surface area (Å²) in [5.74, 6) is 2.20. The van der Waals surface area contributed by atoms with Crippen LogP contribution in [0.25, 0.3) is 0 Å². The summed E-state index contributed by atoms with van der Waals surface area (Å²) < 4.78 is 6.28. The van der Waals surface area contributed by atoms with Gasteiger partial charge in [-0.1, -0.05) is 49.4 Å². The molecule has 1 amide bonds. The lowest BCUT2D eigenvalue weighted by Gasteiger charge is -2.35. The molecule has 0 bridgehead atoms. The van der Waals surface area contributed by atoms with Crippen LogP contribution in [0, 0.1) is 18.8 Å². The molecule has 3 rings (SSSR count). The summed E-state index contributed by atoms with van der Waals surface area (Å²) in [6.07, 6.45) is 4.91. The van der Waals surface area contributed by atoms with Crippen LogP contribution in [0.15, 0.2) is 54.6 Å². The number of aryl methyl sites for hydroxylation is 1. The lowest BCUT2D eigenvalue weighted by molar-refractivity contribution is -0.130. The maximum Gasteiger partial charge on any atom is 0.219 e. The largest absolute Gasteiger partial charge is 0.490 e. The minimum Gasteiger partial charge on any atom is -0.490 e. The van der Waals surface area contributed by atoms with Gasteiger partial charge in [0.2, 0.25) is 5.91 Å². The Kier molecular flexibility index (Phi) is 7.13. The first kappa shape index (κ1) is 20.4. The maximum absolute atomic E-state index is 12.2. The second-order valence-corrected chi connectivity index (χ2v) is 8.35. The Balaban J connectivity index is 1.57. The third kappa shape index (κ3) is 5.85. The van der Waals surface area contributed by atoms with Gasteiger partial charge in [-0.3, -0.25) is 4.79 Å². The Morgan fingerprint density at radius 3 is 2.64 bits per heavy atom. The average molecular weight is 380 g/mol. The van der Waals surface area contributed by atoms with E-state index in [1.54, 1.807) is 6.92 Å². The number of carbonyl (C=O) groups is 1. The van der Waals surface area contributed by atoms with Crippen LogP contribution in [0.2, 0.25) is 0 Å². The fourth-order valence-electron chi connectivity index (χ4n) is 4.29. The maximum atomic E-state index is 12.2. The summed E-state index contributed by atoms with van der Waals surface area (Å²) in [4.78, 5) is 14.2. The van der Waals surface area contributed by atoms with Crippen molar-refractivity contribution in [2.24, 2.45) is 11.8 Å². The Labute approximate surface area is 169 Å². The molecule has 1 aliphatic rings. The topological polar surface area (TPSA) is 29.5 Å². The number of amides is 1. The predicted octanol–water partition coefficient (Wildman–Crippen LogP) is 5.62. The van der Waals surface area contributed by atoms with Crippen LogP contribution < -0.4 is 4.74 Å². The number of rotatable bonds is 7. The van der Waals surface area contributed by atoms with Gasteiger partial charge >= 0.3 is 0 Å². The zero-order valence-corrected chi connectivity index (χ0v) is 17.4. The van der Waals surface area contributed by atoms with Crippen LogP contribution in [0.4, 0.5) is 0 Å². The highest BCUT2D eigenvalue weighted by Gasteiger charge is 2.29. The van der Waals surface area contributed by atoms with Gasteiger partial charge < -0.3 is 9.64 Å². The molecule has 0 aliphatic heterocycles. The van der Waals surface area contributed by atoms with Crippen LogP contribution in [-0.4, -0.2) is 23.5 Å². The molecule has 0 radical (unpaired) electrons. The molecular weight excluding hydrogens is 346 g/mol. The SMILES string of the molecule is CC(=O)N(Cc1ccccc1)CC(C)C1CCC[C@@H](Oc2cccc(C)c2)C1. The molecule has 1 saturated carbocycles. The van der Waals surface area contributed by atoms with Gasteiger partial charge in [0.25, 0.3) is 0 Å². The fraction of sp³-hybridized carbons (Fsp3) is 0.480. The summed E-state index contributed by atoms with van der Waals surface area (Å²) in [5, 5.41) is 0. The van der Waals surface area contributed by atoms with Crippen LogP contribution in [-0.2, 0) is 11.3 Å². The third-order valence-electron chi connectivity index (χ3n) is 5.93. The molecule has 1 aliphatic carbocycles. The Hall–Kier alpha value is -2.29. The molecule has 2 aromatic carbocycles. The van der Waals surface area contributed by atoms with Crippen molar-refractivity contribution in [3.63, 3.8) is 0 Å². The molecule has 0 N–H and O–H groups in total. The monoisotopic (exact) mass is 379 g/mol. The molecule has 1 fully saturated rings. The van der Waals surface area contributed by atoms with E-state index in [9.17, 15) is 4.79 Å². The fourth-order valence-corrected chi connectivity index (χ4v) is 4.29. The van der Waals surface area contributed by atoms with E-state index < -0.39 is 0 Å². The highest BCUT2D eigenvalue weighted by Crippen LogP contribution is 2.33. The minimum absolute atomic E-state index is 0.152. The van der Waals surface area contributed by atoms with Gasteiger partial charge in [-0.15, -0.1) is 0 Å². The van der Waals surface area contributed by atoms with Crippen molar-refractivity contribution in [3.05, 3.63) is 65.7 Å². The second kappa shape index (κ2) is 9.77. The summed E-state index contributed by atoms with van der Waals surface area (Å²) in [5.41, 5.74) is 2.42. The van der Waals surface area contributed by atoms with Crippen LogP contribution in [0.5, 0.6) is 5.75 Å². The average Bonchev–Trinajstić information content (AvgIpc) is 2.68. The molecule has 2 aromatic rings. The van der Waals surface area contributed by atoms with E-state index in [1.165, 1.54) is 24.0 Å². The Morgan fingerprint density at radius 2 is 1.93 bits per heavy atom. The number of nitrogens with zero attached hydrogens (tertiary/aromatic N) is 1. The summed E-state index contributed by atoms with van der Waals surface area (Å²) in [6, 6.07) is 18.6. The van der Waals surface area contributed by atoms with Gasteiger partial charge in [0, 0.05) is 20.0 Å². The second-order valence-electron chi connectivity index (χ2n) is 8.35. The number of hydrogen-bond acceptors (Lipinski definition) is 2. The van der Waals surface area contributed by atoms with E-state index in [4.69, 9.17) is 4.74 Å². The molecular formula is C25H33NO2. The summed E-state index contributed by atoms with van der Waals surface area (Å²) in [6.45, 7) is 7.57. The molecule has 2 unspecified atom stereocenters. The van der Waals surface area contributed by atoms with Crippen LogP contribution in [0.3, 0.4) is 0 Å². The molecule has 3 heteroatoms. The standard InChI is InChI=1S/C25H33NO2/c1-19-9-7-13-24(15-19)28-25-14-8-12-23(16-25)20(2)17-26(21(3)27)18-22-10-5-4-6-11-22/h4-7,9-11,13,15,20,23,25H,8,12,14,16-18H2,1-3H3/t20?,23?,25-/m1/s1. The molecule has 28 heavy (non-hydrogen) atoms. The molecule has 3 atom stereocenters. The van der Waals surface area contributed by atoms with Gasteiger partial charge in [0.1, 0.15) is 5.75 Å². The molecule has 0 aromatic heterocycles. The van der Waals surface area contributed by atoms with Crippen molar-refractivity contribution in [1.29, 1.82) is 0 Å².